The molecule has 0 saturated heterocycles. The average Bonchev–Trinajstić information content (AvgIpc) is 3.00. The number of hydrogen-bond acceptors (Lipinski definition) is 2. The topological polar surface area (TPSA) is 37.0 Å². The Hall–Kier alpha value is -1.68. The number of rotatable bonds is 4. The Balaban J connectivity index is 1.49. The van der Waals surface area contributed by atoms with Crippen molar-refractivity contribution < 1.29 is 4.74 Å². The zero-order valence-electron chi connectivity index (χ0n) is 13.0. The van der Waals surface area contributed by atoms with Crippen molar-refractivity contribution in [1.82, 2.24) is 10.3 Å². The van der Waals surface area contributed by atoms with E-state index in [1.807, 2.05) is 12.1 Å². The minimum atomic E-state index is 0.208. The lowest BCUT2D eigenvalue weighted by molar-refractivity contribution is 0.335. The van der Waals surface area contributed by atoms with Crippen LogP contribution in [0.5, 0.6) is 5.75 Å². The van der Waals surface area contributed by atoms with Crippen molar-refractivity contribution in [2.45, 2.75) is 12.5 Å². The molecule has 1 aliphatic heterocycles. The predicted octanol–water partition coefficient (Wildman–Crippen LogP) is 4.94. The number of aromatic nitrogens is 1. The molecule has 0 fully saturated rings. The van der Waals surface area contributed by atoms with Crippen molar-refractivity contribution in [2.75, 3.05) is 13.2 Å². The molecule has 0 spiro atoms. The first-order valence-corrected chi connectivity index (χ1v) is 8.72. The minimum absolute atomic E-state index is 0.208. The minimum Gasteiger partial charge on any atom is -0.492 e. The van der Waals surface area contributed by atoms with E-state index in [-0.39, 0.29) is 6.04 Å². The first-order valence-electron chi connectivity index (χ1n) is 7.96. The second-order valence-corrected chi connectivity index (χ2v) is 6.67. The van der Waals surface area contributed by atoms with E-state index in [0.717, 1.165) is 29.6 Å². The summed E-state index contributed by atoms with van der Waals surface area (Å²) >= 11 is 12.4. The van der Waals surface area contributed by atoms with Crippen LogP contribution in [-0.2, 0) is 6.42 Å². The maximum Gasteiger partial charge on any atom is 0.130 e. The van der Waals surface area contributed by atoms with Gasteiger partial charge in [-0.2, -0.15) is 0 Å². The van der Waals surface area contributed by atoms with Crippen molar-refractivity contribution >= 4 is 34.1 Å². The second-order valence-electron chi connectivity index (χ2n) is 5.86. The quantitative estimate of drug-likeness (QED) is 0.691. The summed E-state index contributed by atoms with van der Waals surface area (Å²) in [5, 5.41) is 5.60. The van der Waals surface area contributed by atoms with Crippen LogP contribution in [-0.4, -0.2) is 18.1 Å². The fourth-order valence-electron chi connectivity index (χ4n) is 3.25. The van der Waals surface area contributed by atoms with Crippen LogP contribution in [0, 0.1) is 6.42 Å². The molecule has 1 unspecified atom stereocenters. The number of benzene rings is 2. The van der Waals surface area contributed by atoms with E-state index in [1.165, 1.54) is 11.1 Å². The summed E-state index contributed by atoms with van der Waals surface area (Å²) < 4.78 is 5.97. The van der Waals surface area contributed by atoms with Crippen LogP contribution < -0.4 is 10.1 Å². The molecule has 123 valence electrons. The van der Waals surface area contributed by atoms with E-state index >= 15 is 0 Å². The Morgan fingerprint density at radius 3 is 2.92 bits per heavy atom. The van der Waals surface area contributed by atoms with Gasteiger partial charge in [-0.3, -0.25) is 0 Å². The molecule has 3 nitrogen and oxygen atoms in total. The van der Waals surface area contributed by atoms with Crippen molar-refractivity contribution in [2.24, 2.45) is 0 Å². The predicted molar refractivity (Wildman–Crippen MR) is 99.0 cm³/mol. The molecule has 4 rings (SSSR count). The van der Waals surface area contributed by atoms with Gasteiger partial charge >= 0.3 is 0 Å². The van der Waals surface area contributed by atoms with Gasteiger partial charge in [-0.25, -0.2) is 0 Å². The molecule has 0 amide bonds. The molecule has 0 aliphatic carbocycles. The molecular formula is C19H17Cl2N2O. The van der Waals surface area contributed by atoms with Gasteiger partial charge in [0.05, 0.1) is 27.6 Å². The van der Waals surface area contributed by atoms with Crippen molar-refractivity contribution in [3.05, 3.63) is 70.2 Å². The van der Waals surface area contributed by atoms with Crippen molar-refractivity contribution in [1.29, 1.82) is 0 Å². The summed E-state index contributed by atoms with van der Waals surface area (Å²) in [6.45, 7) is 1.47. The summed E-state index contributed by atoms with van der Waals surface area (Å²) in [6, 6.07) is 12.4. The van der Waals surface area contributed by atoms with Crippen LogP contribution in [0.4, 0.5) is 0 Å². The van der Waals surface area contributed by atoms with Gasteiger partial charge in [0.15, 0.2) is 0 Å². The summed E-state index contributed by atoms with van der Waals surface area (Å²) in [5.41, 5.74) is 3.54. The van der Waals surface area contributed by atoms with Crippen LogP contribution in [0.2, 0.25) is 10.0 Å². The molecule has 24 heavy (non-hydrogen) atoms. The zero-order chi connectivity index (χ0) is 16.5. The number of H-pyrrole nitrogens is 1. The highest BCUT2D eigenvalue weighted by atomic mass is 35.5. The van der Waals surface area contributed by atoms with E-state index in [1.54, 1.807) is 6.20 Å². The number of hydrogen-bond donors (Lipinski definition) is 2. The van der Waals surface area contributed by atoms with Gasteiger partial charge in [-0.15, -0.1) is 0 Å². The molecular weight excluding hydrogens is 343 g/mol. The zero-order valence-corrected chi connectivity index (χ0v) is 14.5. The van der Waals surface area contributed by atoms with Crippen molar-refractivity contribution in [3.8, 4) is 5.75 Å². The highest BCUT2D eigenvalue weighted by Crippen LogP contribution is 2.36. The van der Waals surface area contributed by atoms with Crippen LogP contribution >= 0.6 is 23.2 Å². The maximum absolute atomic E-state index is 6.25. The third kappa shape index (κ3) is 2.88. The van der Waals surface area contributed by atoms with Gasteiger partial charge < -0.3 is 15.0 Å². The van der Waals surface area contributed by atoms with Crippen LogP contribution in [0.1, 0.15) is 17.2 Å². The van der Waals surface area contributed by atoms with Gasteiger partial charge in [-0.05, 0) is 36.2 Å². The van der Waals surface area contributed by atoms with Gasteiger partial charge in [-0.1, -0.05) is 47.5 Å². The molecule has 2 heterocycles. The van der Waals surface area contributed by atoms with E-state index in [4.69, 9.17) is 27.9 Å². The van der Waals surface area contributed by atoms with Gasteiger partial charge in [0, 0.05) is 18.7 Å². The van der Waals surface area contributed by atoms with Crippen LogP contribution in [0.25, 0.3) is 10.9 Å². The Morgan fingerprint density at radius 1 is 1.12 bits per heavy atom. The lowest BCUT2D eigenvalue weighted by Crippen LogP contribution is -2.31. The standard InChI is InChI=1S/C19H17Cl2N2O/c20-14-5-6-17(18-15(21)11-23-19(14)18)24-10-8-16-13-4-2-1-3-12(13)7-9-22-16/h1-6,8,11,16,22-23H,7,9-10H2. The van der Waals surface area contributed by atoms with Gasteiger partial charge in [0.25, 0.3) is 0 Å². The smallest absolute Gasteiger partial charge is 0.130 e. The number of halogens is 2. The van der Waals surface area contributed by atoms with Gasteiger partial charge in [0.2, 0.25) is 0 Å². The molecule has 1 aliphatic rings. The average molecular weight is 360 g/mol. The van der Waals surface area contributed by atoms with E-state index in [0.29, 0.717) is 16.7 Å². The molecule has 5 heteroatoms. The summed E-state index contributed by atoms with van der Waals surface area (Å²) in [6.07, 6.45) is 4.95. The lowest BCUT2D eigenvalue weighted by atomic mass is 9.93. The number of aromatic amines is 1. The van der Waals surface area contributed by atoms with Crippen molar-refractivity contribution in [3.63, 3.8) is 0 Å². The Morgan fingerprint density at radius 2 is 2.00 bits per heavy atom. The Kier molecular flexibility index (Phi) is 4.40. The molecule has 1 radical (unpaired) electrons. The normalized spacial score (nSPS) is 17.0. The van der Waals surface area contributed by atoms with E-state index in [2.05, 4.69) is 41.0 Å². The monoisotopic (exact) mass is 359 g/mol. The number of fused-ring (bicyclic) bond motifs is 2. The van der Waals surface area contributed by atoms with Crippen LogP contribution in [0.3, 0.4) is 0 Å². The first-order chi connectivity index (χ1) is 11.7. The summed E-state index contributed by atoms with van der Waals surface area (Å²) in [7, 11) is 0. The fourth-order valence-corrected chi connectivity index (χ4v) is 3.70. The maximum atomic E-state index is 6.25. The molecule has 2 N–H and O–H groups in total. The van der Waals surface area contributed by atoms with E-state index < -0.39 is 0 Å². The summed E-state index contributed by atoms with van der Waals surface area (Å²) in [5.74, 6) is 0.737. The molecule has 1 atom stereocenters. The highest BCUT2D eigenvalue weighted by Gasteiger charge is 2.19. The van der Waals surface area contributed by atoms with Crippen LogP contribution in [0.15, 0.2) is 42.6 Å². The van der Waals surface area contributed by atoms with Gasteiger partial charge in [0.1, 0.15) is 5.75 Å². The molecule has 3 aromatic rings. The number of ether oxygens (including phenoxy) is 1. The fraction of sp³-hybridized carbons (Fsp3) is 0.211. The molecule has 0 bridgehead atoms. The SMILES string of the molecule is Clc1ccc(OC[CH]C2NCCc3ccccc32)c2c(Cl)c[nH]c12. The van der Waals surface area contributed by atoms with E-state index in [9.17, 15) is 0 Å². The summed E-state index contributed by atoms with van der Waals surface area (Å²) in [4.78, 5) is 3.08. The third-order valence-electron chi connectivity index (χ3n) is 4.42. The lowest BCUT2D eigenvalue weighted by Gasteiger charge is -2.26. The first kappa shape index (κ1) is 15.8. The largest absolute Gasteiger partial charge is 0.492 e. The molecule has 0 saturated carbocycles. The third-order valence-corrected chi connectivity index (χ3v) is 5.03. The Bertz CT molecular complexity index is 875. The molecule has 2 aromatic carbocycles. The second kappa shape index (κ2) is 6.67. The molecule has 1 aromatic heterocycles. The highest BCUT2D eigenvalue weighted by molar-refractivity contribution is 6.40. The number of nitrogens with one attached hydrogen (secondary N) is 2. The Labute approximate surface area is 150 Å².